The van der Waals surface area contributed by atoms with Crippen molar-refractivity contribution in [2.24, 2.45) is 23.0 Å². The van der Waals surface area contributed by atoms with E-state index in [2.05, 4.69) is 19.2 Å². The lowest BCUT2D eigenvalue weighted by molar-refractivity contribution is -0.123. The van der Waals surface area contributed by atoms with Crippen molar-refractivity contribution in [3.8, 4) is 0 Å². The number of halogens is 1. The minimum atomic E-state index is 0. The smallest absolute Gasteiger partial charge is 0.223 e. The SMILES string of the molecule is CC1(C)CC1C(=O)NCC1CCCC(N)C1.Cl. The van der Waals surface area contributed by atoms with Gasteiger partial charge in [0.15, 0.2) is 0 Å². The summed E-state index contributed by atoms with van der Waals surface area (Å²) in [6, 6.07) is 0.355. The highest BCUT2D eigenvalue weighted by Gasteiger charge is 2.50. The van der Waals surface area contributed by atoms with Crippen molar-refractivity contribution in [2.45, 2.75) is 52.0 Å². The highest BCUT2D eigenvalue weighted by atomic mass is 35.5. The number of nitrogens with one attached hydrogen (secondary N) is 1. The van der Waals surface area contributed by atoms with Crippen molar-refractivity contribution in [1.29, 1.82) is 0 Å². The molecule has 3 N–H and O–H groups in total. The van der Waals surface area contributed by atoms with Crippen molar-refractivity contribution < 1.29 is 4.79 Å². The van der Waals surface area contributed by atoms with Crippen LogP contribution >= 0.6 is 12.4 Å². The zero-order valence-electron chi connectivity index (χ0n) is 10.9. The highest BCUT2D eigenvalue weighted by Crippen LogP contribution is 2.51. The van der Waals surface area contributed by atoms with Crippen molar-refractivity contribution in [3.05, 3.63) is 0 Å². The topological polar surface area (TPSA) is 55.1 Å². The van der Waals surface area contributed by atoms with Crippen molar-refractivity contribution in [1.82, 2.24) is 5.32 Å². The van der Waals surface area contributed by atoms with Crippen LogP contribution in [0.25, 0.3) is 0 Å². The minimum Gasteiger partial charge on any atom is -0.356 e. The number of carbonyl (C=O) groups is 1. The first-order chi connectivity index (χ1) is 7.49. The molecule has 2 saturated carbocycles. The molecule has 2 aliphatic rings. The summed E-state index contributed by atoms with van der Waals surface area (Å²) in [6.45, 7) is 5.15. The quantitative estimate of drug-likeness (QED) is 0.817. The third kappa shape index (κ3) is 3.85. The van der Waals surface area contributed by atoms with E-state index in [4.69, 9.17) is 5.73 Å². The Morgan fingerprint density at radius 3 is 2.59 bits per heavy atom. The molecule has 4 heteroatoms. The largest absolute Gasteiger partial charge is 0.356 e. The molecule has 2 fully saturated rings. The molecule has 0 aromatic heterocycles. The van der Waals surface area contributed by atoms with Gasteiger partial charge in [-0.2, -0.15) is 0 Å². The molecule has 2 aliphatic carbocycles. The van der Waals surface area contributed by atoms with Crippen LogP contribution in [-0.2, 0) is 4.79 Å². The van der Waals surface area contributed by atoms with Gasteiger partial charge in [-0.1, -0.05) is 20.3 Å². The molecule has 3 unspecified atom stereocenters. The van der Waals surface area contributed by atoms with Crippen molar-refractivity contribution in [2.75, 3.05) is 6.54 Å². The Kier molecular flexibility index (Phi) is 4.85. The molecular weight excluding hydrogens is 236 g/mol. The van der Waals surface area contributed by atoms with E-state index in [0.717, 1.165) is 25.8 Å². The van der Waals surface area contributed by atoms with Gasteiger partial charge < -0.3 is 11.1 Å². The van der Waals surface area contributed by atoms with Crippen molar-refractivity contribution >= 4 is 18.3 Å². The van der Waals surface area contributed by atoms with Gasteiger partial charge in [0, 0.05) is 18.5 Å². The molecule has 0 aliphatic heterocycles. The molecule has 0 saturated heterocycles. The summed E-state index contributed by atoms with van der Waals surface area (Å²) < 4.78 is 0. The summed E-state index contributed by atoms with van der Waals surface area (Å²) in [5.74, 6) is 1.11. The summed E-state index contributed by atoms with van der Waals surface area (Å²) in [7, 11) is 0. The highest BCUT2D eigenvalue weighted by molar-refractivity contribution is 5.85. The molecule has 0 radical (unpaired) electrons. The molecule has 0 spiro atoms. The van der Waals surface area contributed by atoms with Crippen LogP contribution < -0.4 is 11.1 Å². The second-order valence-electron chi connectivity index (χ2n) is 6.28. The summed E-state index contributed by atoms with van der Waals surface area (Å²) in [5, 5.41) is 3.10. The van der Waals surface area contributed by atoms with Gasteiger partial charge in [0.25, 0.3) is 0 Å². The van der Waals surface area contributed by atoms with Gasteiger partial charge in [-0.15, -0.1) is 12.4 Å². The number of hydrogen-bond acceptors (Lipinski definition) is 2. The van der Waals surface area contributed by atoms with Gasteiger partial charge in [0.1, 0.15) is 0 Å². The van der Waals surface area contributed by atoms with Crippen LogP contribution in [0.15, 0.2) is 0 Å². The maximum Gasteiger partial charge on any atom is 0.223 e. The third-order valence-electron chi connectivity index (χ3n) is 4.22. The number of hydrogen-bond donors (Lipinski definition) is 2. The Bertz CT molecular complexity index is 281. The molecule has 0 heterocycles. The Morgan fingerprint density at radius 2 is 2.06 bits per heavy atom. The maximum atomic E-state index is 11.8. The fraction of sp³-hybridized carbons (Fsp3) is 0.923. The van der Waals surface area contributed by atoms with E-state index in [1.165, 1.54) is 12.8 Å². The Balaban J connectivity index is 0.00000144. The van der Waals surface area contributed by atoms with Crippen LogP contribution in [0.3, 0.4) is 0 Å². The van der Waals surface area contributed by atoms with Gasteiger partial charge in [-0.05, 0) is 37.0 Å². The molecule has 0 bridgehead atoms. The third-order valence-corrected chi connectivity index (χ3v) is 4.22. The van der Waals surface area contributed by atoms with Gasteiger partial charge >= 0.3 is 0 Å². The number of carbonyl (C=O) groups excluding carboxylic acids is 1. The first kappa shape index (κ1) is 14.8. The molecule has 0 aromatic rings. The summed E-state index contributed by atoms with van der Waals surface area (Å²) in [6.07, 6.45) is 5.72. The number of amides is 1. The summed E-state index contributed by atoms with van der Waals surface area (Å²) in [5.41, 5.74) is 6.18. The second kappa shape index (κ2) is 5.57. The molecule has 1 amide bonds. The van der Waals surface area contributed by atoms with Crippen LogP contribution in [0, 0.1) is 17.3 Å². The first-order valence-corrected chi connectivity index (χ1v) is 6.52. The Morgan fingerprint density at radius 1 is 1.41 bits per heavy atom. The lowest BCUT2D eigenvalue weighted by Crippen LogP contribution is -2.36. The lowest BCUT2D eigenvalue weighted by Gasteiger charge is -2.26. The average molecular weight is 261 g/mol. The molecule has 3 nitrogen and oxygen atoms in total. The molecular formula is C13H25ClN2O. The predicted octanol–water partition coefficient (Wildman–Crippen LogP) is 2.09. The van der Waals surface area contributed by atoms with Crippen LogP contribution in [-0.4, -0.2) is 18.5 Å². The van der Waals surface area contributed by atoms with Crippen LogP contribution in [0.5, 0.6) is 0 Å². The maximum absolute atomic E-state index is 11.8. The van der Waals surface area contributed by atoms with Gasteiger partial charge in [-0.3, -0.25) is 4.79 Å². The van der Waals surface area contributed by atoms with Crippen LogP contribution in [0.2, 0.25) is 0 Å². The minimum absolute atomic E-state index is 0. The van der Waals surface area contributed by atoms with E-state index in [9.17, 15) is 4.79 Å². The molecule has 2 rings (SSSR count). The number of rotatable bonds is 3. The second-order valence-corrected chi connectivity index (χ2v) is 6.28. The molecule has 0 aromatic carbocycles. The fourth-order valence-electron chi connectivity index (χ4n) is 2.80. The fourth-order valence-corrected chi connectivity index (χ4v) is 2.80. The average Bonchev–Trinajstić information content (AvgIpc) is 2.85. The molecule has 100 valence electrons. The van der Waals surface area contributed by atoms with Crippen LogP contribution in [0.4, 0.5) is 0 Å². The zero-order chi connectivity index (χ0) is 11.8. The Hall–Kier alpha value is -0.280. The Labute approximate surface area is 110 Å². The van der Waals surface area contributed by atoms with Gasteiger partial charge in [-0.25, -0.2) is 0 Å². The van der Waals surface area contributed by atoms with E-state index in [-0.39, 0.29) is 29.6 Å². The van der Waals surface area contributed by atoms with Gasteiger partial charge in [0.05, 0.1) is 0 Å². The lowest BCUT2D eigenvalue weighted by atomic mass is 9.86. The summed E-state index contributed by atoms with van der Waals surface area (Å²) in [4.78, 5) is 11.8. The van der Waals surface area contributed by atoms with E-state index in [1.54, 1.807) is 0 Å². The van der Waals surface area contributed by atoms with Crippen molar-refractivity contribution in [3.63, 3.8) is 0 Å². The van der Waals surface area contributed by atoms with E-state index < -0.39 is 0 Å². The first-order valence-electron chi connectivity index (χ1n) is 6.52. The predicted molar refractivity (Wildman–Crippen MR) is 72.1 cm³/mol. The zero-order valence-corrected chi connectivity index (χ0v) is 11.7. The monoisotopic (exact) mass is 260 g/mol. The van der Waals surface area contributed by atoms with E-state index in [0.29, 0.717) is 12.0 Å². The number of nitrogens with two attached hydrogens (primary N) is 1. The molecule has 17 heavy (non-hydrogen) atoms. The van der Waals surface area contributed by atoms with E-state index >= 15 is 0 Å². The normalized spacial score (nSPS) is 34.6. The van der Waals surface area contributed by atoms with E-state index in [1.807, 2.05) is 0 Å². The summed E-state index contributed by atoms with van der Waals surface area (Å²) >= 11 is 0. The standard InChI is InChI=1S/C13H24N2O.ClH/c1-13(2)7-11(13)12(16)15-8-9-4-3-5-10(14)6-9;/h9-11H,3-8,14H2,1-2H3,(H,15,16);1H. The molecule has 3 atom stereocenters. The van der Waals surface area contributed by atoms with Crippen LogP contribution in [0.1, 0.15) is 46.0 Å². The van der Waals surface area contributed by atoms with Gasteiger partial charge in [0.2, 0.25) is 5.91 Å².